The second-order valence-corrected chi connectivity index (χ2v) is 4.46. The van der Waals surface area contributed by atoms with E-state index in [0.29, 0.717) is 11.8 Å². The van der Waals surface area contributed by atoms with Crippen molar-refractivity contribution < 1.29 is 5.11 Å². The van der Waals surface area contributed by atoms with Crippen LogP contribution in [0.4, 0.5) is 0 Å². The Balaban J connectivity index is 2.03. The maximum atomic E-state index is 9.33. The van der Waals surface area contributed by atoms with Crippen molar-refractivity contribution in [3.63, 3.8) is 0 Å². The van der Waals surface area contributed by atoms with Gasteiger partial charge in [0.05, 0.1) is 0 Å². The first kappa shape index (κ1) is 10.5. The summed E-state index contributed by atoms with van der Waals surface area (Å²) in [7, 11) is 0. The Morgan fingerprint density at radius 1 is 1.40 bits per heavy atom. The molecule has 2 nitrogen and oxygen atoms in total. The molecule has 1 saturated heterocycles. The molecule has 0 aliphatic carbocycles. The average molecular weight is 205 g/mol. The molecule has 1 aliphatic heterocycles. The maximum absolute atomic E-state index is 9.33. The van der Waals surface area contributed by atoms with Gasteiger partial charge in [0.2, 0.25) is 0 Å². The highest BCUT2D eigenvalue weighted by atomic mass is 16.3. The van der Waals surface area contributed by atoms with Crippen LogP contribution in [0.15, 0.2) is 18.2 Å². The SMILES string of the molecule is Cc1cc(O)ccc1CC1CCCCN1. The number of benzene rings is 1. The summed E-state index contributed by atoms with van der Waals surface area (Å²) in [5.74, 6) is 0.368. The summed E-state index contributed by atoms with van der Waals surface area (Å²) < 4.78 is 0. The third-order valence-electron chi connectivity index (χ3n) is 3.20. The lowest BCUT2D eigenvalue weighted by Crippen LogP contribution is -2.35. The molecule has 0 aromatic heterocycles. The monoisotopic (exact) mass is 205 g/mol. The van der Waals surface area contributed by atoms with E-state index < -0.39 is 0 Å². The van der Waals surface area contributed by atoms with Gasteiger partial charge < -0.3 is 10.4 Å². The zero-order chi connectivity index (χ0) is 10.7. The molecule has 1 aromatic rings. The molecular formula is C13H19NO. The van der Waals surface area contributed by atoms with Crippen LogP contribution in [0.5, 0.6) is 5.75 Å². The number of aromatic hydroxyl groups is 1. The molecule has 1 fully saturated rings. The summed E-state index contributed by atoms with van der Waals surface area (Å²) in [6, 6.07) is 6.30. The second-order valence-electron chi connectivity index (χ2n) is 4.46. The lowest BCUT2D eigenvalue weighted by molar-refractivity contribution is 0.398. The molecule has 1 unspecified atom stereocenters. The van der Waals surface area contributed by atoms with Crippen LogP contribution < -0.4 is 5.32 Å². The second kappa shape index (κ2) is 4.67. The number of nitrogens with one attached hydrogen (secondary N) is 1. The number of rotatable bonds is 2. The fourth-order valence-corrected chi connectivity index (χ4v) is 2.27. The van der Waals surface area contributed by atoms with Crippen molar-refractivity contribution in [1.82, 2.24) is 5.32 Å². The molecule has 0 amide bonds. The number of aryl methyl sites for hydroxylation is 1. The average Bonchev–Trinajstić information content (AvgIpc) is 2.24. The number of phenols is 1. The van der Waals surface area contributed by atoms with Crippen LogP contribution in [0.3, 0.4) is 0 Å². The predicted molar refractivity (Wildman–Crippen MR) is 62.2 cm³/mol. The van der Waals surface area contributed by atoms with E-state index in [1.165, 1.54) is 30.4 Å². The Labute approximate surface area is 91.3 Å². The van der Waals surface area contributed by atoms with Crippen molar-refractivity contribution in [3.05, 3.63) is 29.3 Å². The predicted octanol–water partition coefficient (Wildman–Crippen LogP) is 2.39. The van der Waals surface area contributed by atoms with Crippen molar-refractivity contribution in [1.29, 1.82) is 0 Å². The highest BCUT2D eigenvalue weighted by Gasteiger charge is 2.13. The van der Waals surface area contributed by atoms with Gasteiger partial charge in [-0.3, -0.25) is 0 Å². The van der Waals surface area contributed by atoms with E-state index in [2.05, 4.69) is 12.2 Å². The zero-order valence-corrected chi connectivity index (χ0v) is 9.29. The molecule has 1 atom stereocenters. The van der Waals surface area contributed by atoms with Crippen LogP contribution in [-0.2, 0) is 6.42 Å². The topological polar surface area (TPSA) is 32.3 Å². The van der Waals surface area contributed by atoms with Crippen LogP contribution in [0, 0.1) is 6.92 Å². The molecule has 0 bridgehead atoms. The molecular weight excluding hydrogens is 186 g/mol. The highest BCUT2D eigenvalue weighted by molar-refractivity contribution is 5.34. The molecule has 82 valence electrons. The van der Waals surface area contributed by atoms with Crippen molar-refractivity contribution >= 4 is 0 Å². The Morgan fingerprint density at radius 2 is 2.27 bits per heavy atom. The van der Waals surface area contributed by atoms with Gasteiger partial charge in [-0.05, 0) is 56.0 Å². The van der Waals surface area contributed by atoms with Gasteiger partial charge in [-0.25, -0.2) is 0 Å². The fourth-order valence-electron chi connectivity index (χ4n) is 2.27. The van der Waals surface area contributed by atoms with E-state index in [9.17, 15) is 5.11 Å². The minimum atomic E-state index is 0.368. The van der Waals surface area contributed by atoms with E-state index >= 15 is 0 Å². The first-order chi connectivity index (χ1) is 7.25. The smallest absolute Gasteiger partial charge is 0.115 e. The van der Waals surface area contributed by atoms with Gasteiger partial charge in [0.1, 0.15) is 5.75 Å². The minimum absolute atomic E-state index is 0.368. The molecule has 2 rings (SSSR count). The van der Waals surface area contributed by atoms with Crippen LogP contribution >= 0.6 is 0 Å². The molecule has 1 aliphatic rings. The molecule has 0 radical (unpaired) electrons. The standard InChI is InChI=1S/C13H19NO/c1-10-8-13(15)6-5-11(10)9-12-4-2-3-7-14-12/h5-6,8,12,14-15H,2-4,7,9H2,1H3. The number of phenolic OH excluding ortho intramolecular Hbond substituents is 1. The largest absolute Gasteiger partial charge is 0.508 e. The molecule has 1 heterocycles. The Kier molecular flexibility index (Phi) is 3.27. The van der Waals surface area contributed by atoms with Crippen molar-refractivity contribution in [2.75, 3.05) is 6.54 Å². The van der Waals surface area contributed by atoms with Gasteiger partial charge in [-0.15, -0.1) is 0 Å². The first-order valence-corrected chi connectivity index (χ1v) is 5.77. The van der Waals surface area contributed by atoms with Crippen LogP contribution in [-0.4, -0.2) is 17.7 Å². The third kappa shape index (κ3) is 2.72. The summed E-state index contributed by atoms with van der Waals surface area (Å²) >= 11 is 0. The molecule has 0 spiro atoms. The number of hydrogen-bond donors (Lipinski definition) is 2. The van der Waals surface area contributed by atoms with E-state index in [1.807, 2.05) is 12.1 Å². The molecule has 15 heavy (non-hydrogen) atoms. The lowest BCUT2D eigenvalue weighted by atomic mass is 9.95. The van der Waals surface area contributed by atoms with Crippen LogP contribution in [0.2, 0.25) is 0 Å². The van der Waals surface area contributed by atoms with Crippen molar-refractivity contribution in [3.8, 4) is 5.75 Å². The Morgan fingerprint density at radius 3 is 2.93 bits per heavy atom. The Hall–Kier alpha value is -1.02. The van der Waals surface area contributed by atoms with E-state index in [0.717, 1.165) is 13.0 Å². The summed E-state index contributed by atoms with van der Waals surface area (Å²) in [4.78, 5) is 0. The maximum Gasteiger partial charge on any atom is 0.115 e. The summed E-state index contributed by atoms with van der Waals surface area (Å²) in [5, 5.41) is 12.9. The summed E-state index contributed by atoms with van der Waals surface area (Å²) in [5.41, 5.74) is 2.55. The third-order valence-corrected chi connectivity index (χ3v) is 3.20. The first-order valence-electron chi connectivity index (χ1n) is 5.77. The Bertz CT molecular complexity index is 329. The highest BCUT2D eigenvalue weighted by Crippen LogP contribution is 2.19. The van der Waals surface area contributed by atoms with Gasteiger partial charge in [-0.1, -0.05) is 12.5 Å². The summed E-state index contributed by atoms with van der Waals surface area (Å²) in [6.45, 7) is 3.22. The fraction of sp³-hybridized carbons (Fsp3) is 0.538. The van der Waals surface area contributed by atoms with Crippen LogP contribution in [0.25, 0.3) is 0 Å². The van der Waals surface area contributed by atoms with E-state index in [-0.39, 0.29) is 0 Å². The van der Waals surface area contributed by atoms with Crippen LogP contribution in [0.1, 0.15) is 30.4 Å². The van der Waals surface area contributed by atoms with Crippen molar-refractivity contribution in [2.24, 2.45) is 0 Å². The minimum Gasteiger partial charge on any atom is -0.508 e. The number of hydrogen-bond acceptors (Lipinski definition) is 2. The van der Waals surface area contributed by atoms with E-state index in [4.69, 9.17) is 0 Å². The van der Waals surface area contributed by atoms with Crippen molar-refractivity contribution in [2.45, 2.75) is 38.6 Å². The molecule has 2 heteroatoms. The normalized spacial score (nSPS) is 21.5. The molecule has 0 saturated carbocycles. The van der Waals surface area contributed by atoms with Gasteiger partial charge in [0.25, 0.3) is 0 Å². The zero-order valence-electron chi connectivity index (χ0n) is 9.29. The molecule has 2 N–H and O–H groups in total. The lowest BCUT2D eigenvalue weighted by Gasteiger charge is -2.24. The summed E-state index contributed by atoms with van der Waals surface area (Å²) in [6.07, 6.45) is 5.02. The van der Waals surface area contributed by atoms with E-state index in [1.54, 1.807) is 6.07 Å². The molecule has 1 aromatic carbocycles. The number of piperidine rings is 1. The van der Waals surface area contributed by atoms with Gasteiger partial charge in [0.15, 0.2) is 0 Å². The van der Waals surface area contributed by atoms with Gasteiger partial charge in [-0.2, -0.15) is 0 Å². The quantitative estimate of drug-likeness (QED) is 0.777. The van der Waals surface area contributed by atoms with Gasteiger partial charge in [0, 0.05) is 6.04 Å². The van der Waals surface area contributed by atoms with Gasteiger partial charge >= 0.3 is 0 Å².